The average Bonchev–Trinajstić information content (AvgIpc) is 2.25. The molecule has 0 N–H and O–H groups in total. The van der Waals surface area contributed by atoms with Crippen molar-refractivity contribution < 1.29 is 19.3 Å². The summed E-state index contributed by atoms with van der Waals surface area (Å²) in [5.41, 5.74) is -1.39. The van der Waals surface area contributed by atoms with Crippen LogP contribution >= 0.6 is 0 Å². The van der Waals surface area contributed by atoms with Crippen LogP contribution in [-0.2, 0) is 19.3 Å². The summed E-state index contributed by atoms with van der Waals surface area (Å²) < 4.78 is 5.63. The number of carbonyl (C=O) groups is 1. The molecule has 0 aliphatic carbocycles. The van der Waals surface area contributed by atoms with Gasteiger partial charge < -0.3 is 4.74 Å². The molecular weight excluding hydrogens is 232 g/mol. The molecule has 0 bridgehead atoms. The predicted molar refractivity (Wildman–Crippen MR) is 68.9 cm³/mol. The van der Waals surface area contributed by atoms with E-state index >= 15 is 0 Å². The summed E-state index contributed by atoms with van der Waals surface area (Å²) in [6.45, 7) is 11.9. The second kappa shape index (κ2) is 5.57. The molecule has 1 saturated heterocycles. The first-order valence-corrected chi connectivity index (χ1v) is 6.88. The summed E-state index contributed by atoms with van der Waals surface area (Å²) in [5, 5.41) is 0. The Kier molecular flexibility index (Phi) is 4.78. The molecule has 1 aliphatic heterocycles. The third-order valence-electron chi connectivity index (χ3n) is 4.00. The summed E-state index contributed by atoms with van der Waals surface area (Å²) in [7, 11) is 0. The molecule has 106 valence electrons. The van der Waals surface area contributed by atoms with E-state index in [0.717, 1.165) is 12.8 Å². The summed E-state index contributed by atoms with van der Waals surface area (Å²) >= 11 is 0. The maximum Gasteiger partial charge on any atom is 0.345 e. The number of carbonyl (C=O) groups excluding carboxylic acids is 1. The monoisotopic (exact) mass is 258 g/mol. The van der Waals surface area contributed by atoms with Gasteiger partial charge >= 0.3 is 5.97 Å². The standard InChI is InChI=1S/C14H26O4/c1-7-9-11-14(8-2,18-17-11)12(15)16-13(5,6)10(3)4/h10-11H,7-9H2,1-6H3. The van der Waals surface area contributed by atoms with Gasteiger partial charge in [0.05, 0.1) is 0 Å². The molecule has 0 radical (unpaired) electrons. The highest BCUT2D eigenvalue weighted by atomic mass is 17.3. The minimum absolute atomic E-state index is 0.178. The molecule has 0 aromatic rings. The van der Waals surface area contributed by atoms with E-state index in [0.29, 0.717) is 6.42 Å². The largest absolute Gasteiger partial charge is 0.457 e. The van der Waals surface area contributed by atoms with Crippen molar-refractivity contribution in [2.24, 2.45) is 5.92 Å². The molecule has 4 nitrogen and oxygen atoms in total. The lowest BCUT2D eigenvalue weighted by Crippen LogP contribution is -2.63. The van der Waals surface area contributed by atoms with Crippen molar-refractivity contribution in [1.82, 2.24) is 0 Å². The normalized spacial score (nSPS) is 28.1. The molecule has 2 unspecified atom stereocenters. The Balaban J connectivity index is 2.75. The van der Waals surface area contributed by atoms with Gasteiger partial charge in [0, 0.05) is 0 Å². The highest BCUT2D eigenvalue weighted by Crippen LogP contribution is 2.39. The van der Waals surface area contributed by atoms with E-state index < -0.39 is 11.2 Å². The van der Waals surface area contributed by atoms with Gasteiger partial charge in [-0.15, -0.1) is 0 Å². The van der Waals surface area contributed by atoms with Gasteiger partial charge in [-0.1, -0.05) is 34.1 Å². The first kappa shape index (κ1) is 15.4. The van der Waals surface area contributed by atoms with Crippen LogP contribution in [0.25, 0.3) is 0 Å². The van der Waals surface area contributed by atoms with Crippen LogP contribution in [0.15, 0.2) is 0 Å². The molecule has 1 heterocycles. The minimum atomic E-state index is -0.901. The third-order valence-corrected chi connectivity index (χ3v) is 4.00. The number of rotatable bonds is 6. The molecule has 0 aromatic carbocycles. The van der Waals surface area contributed by atoms with Gasteiger partial charge in [0.15, 0.2) is 0 Å². The molecule has 1 aliphatic rings. The third kappa shape index (κ3) is 2.69. The van der Waals surface area contributed by atoms with Crippen LogP contribution in [0.2, 0.25) is 0 Å². The Morgan fingerprint density at radius 2 is 2.00 bits per heavy atom. The van der Waals surface area contributed by atoms with Crippen LogP contribution in [0, 0.1) is 5.92 Å². The van der Waals surface area contributed by atoms with E-state index in [1.54, 1.807) is 0 Å². The second-order valence-corrected chi connectivity index (χ2v) is 5.85. The van der Waals surface area contributed by atoms with Gasteiger partial charge in [0.25, 0.3) is 0 Å². The first-order valence-electron chi connectivity index (χ1n) is 6.88. The lowest BCUT2D eigenvalue weighted by atomic mass is 9.88. The van der Waals surface area contributed by atoms with E-state index in [9.17, 15) is 4.79 Å². The van der Waals surface area contributed by atoms with Gasteiger partial charge in [0.2, 0.25) is 5.60 Å². The average molecular weight is 258 g/mol. The zero-order valence-electron chi connectivity index (χ0n) is 12.4. The smallest absolute Gasteiger partial charge is 0.345 e. The molecule has 4 heteroatoms. The first-order chi connectivity index (χ1) is 8.30. The molecule has 0 aromatic heterocycles. The second-order valence-electron chi connectivity index (χ2n) is 5.85. The van der Waals surface area contributed by atoms with Gasteiger partial charge in [-0.05, 0) is 32.6 Å². The Morgan fingerprint density at radius 3 is 2.33 bits per heavy atom. The molecule has 0 spiro atoms. The fourth-order valence-electron chi connectivity index (χ4n) is 1.82. The lowest BCUT2D eigenvalue weighted by Gasteiger charge is -2.45. The van der Waals surface area contributed by atoms with E-state index in [2.05, 4.69) is 6.92 Å². The Bertz CT molecular complexity index is 294. The quantitative estimate of drug-likeness (QED) is 0.542. The summed E-state index contributed by atoms with van der Waals surface area (Å²) in [6.07, 6.45) is 2.16. The van der Waals surface area contributed by atoms with Gasteiger partial charge in [-0.3, -0.25) is 0 Å². The molecule has 1 rings (SSSR count). The maximum atomic E-state index is 12.4. The van der Waals surface area contributed by atoms with Gasteiger partial charge in [-0.25, -0.2) is 14.6 Å². The Morgan fingerprint density at radius 1 is 1.39 bits per heavy atom. The minimum Gasteiger partial charge on any atom is -0.457 e. The van der Waals surface area contributed by atoms with Gasteiger partial charge in [0.1, 0.15) is 11.7 Å². The molecular formula is C14H26O4. The maximum absolute atomic E-state index is 12.4. The summed E-state index contributed by atoms with van der Waals surface area (Å²) in [5.74, 6) is -0.0469. The fraction of sp³-hybridized carbons (Fsp3) is 0.929. The SMILES string of the molecule is CCCC1OOC1(CC)C(=O)OC(C)(C)C(C)C. The Labute approximate surface area is 110 Å². The number of hydrogen-bond acceptors (Lipinski definition) is 4. The van der Waals surface area contributed by atoms with Crippen LogP contribution in [0.3, 0.4) is 0 Å². The van der Waals surface area contributed by atoms with E-state index in [1.165, 1.54) is 0 Å². The van der Waals surface area contributed by atoms with Crippen molar-refractivity contribution >= 4 is 5.97 Å². The molecule has 0 amide bonds. The summed E-state index contributed by atoms with van der Waals surface area (Å²) in [6, 6.07) is 0. The number of ether oxygens (including phenoxy) is 1. The van der Waals surface area contributed by atoms with E-state index in [-0.39, 0.29) is 18.0 Å². The zero-order valence-corrected chi connectivity index (χ0v) is 12.4. The van der Waals surface area contributed by atoms with Crippen LogP contribution in [0.5, 0.6) is 0 Å². The fourth-order valence-corrected chi connectivity index (χ4v) is 1.82. The molecule has 1 fully saturated rings. The van der Waals surface area contributed by atoms with Crippen molar-refractivity contribution in [3.63, 3.8) is 0 Å². The van der Waals surface area contributed by atoms with Crippen LogP contribution < -0.4 is 0 Å². The van der Waals surface area contributed by atoms with E-state index in [1.807, 2.05) is 34.6 Å². The molecule has 0 saturated carbocycles. The summed E-state index contributed by atoms with van der Waals surface area (Å²) in [4.78, 5) is 22.6. The van der Waals surface area contributed by atoms with Crippen molar-refractivity contribution in [3.8, 4) is 0 Å². The Hall–Kier alpha value is -0.610. The molecule has 18 heavy (non-hydrogen) atoms. The van der Waals surface area contributed by atoms with Crippen molar-refractivity contribution in [1.29, 1.82) is 0 Å². The highest BCUT2D eigenvalue weighted by molar-refractivity contribution is 5.81. The van der Waals surface area contributed by atoms with Gasteiger partial charge in [-0.2, -0.15) is 0 Å². The number of hydrogen-bond donors (Lipinski definition) is 0. The van der Waals surface area contributed by atoms with Crippen molar-refractivity contribution in [2.45, 2.75) is 78.1 Å². The highest BCUT2D eigenvalue weighted by Gasteiger charge is 2.58. The number of esters is 1. The van der Waals surface area contributed by atoms with Crippen LogP contribution in [0.1, 0.15) is 60.8 Å². The van der Waals surface area contributed by atoms with E-state index in [4.69, 9.17) is 14.5 Å². The van der Waals surface area contributed by atoms with Crippen molar-refractivity contribution in [3.05, 3.63) is 0 Å². The lowest BCUT2D eigenvalue weighted by molar-refractivity contribution is -0.499. The predicted octanol–water partition coefficient (Wildman–Crippen LogP) is 3.24. The zero-order chi connectivity index (χ0) is 14.0. The van der Waals surface area contributed by atoms with Crippen LogP contribution in [-0.4, -0.2) is 23.3 Å². The van der Waals surface area contributed by atoms with Crippen LogP contribution in [0.4, 0.5) is 0 Å². The topological polar surface area (TPSA) is 44.8 Å². The molecule has 2 atom stereocenters. The van der Waals surface area contributed by atoms with Crippen molar-refractivity contribution in [2.75, 3.05) is 0 Å².